The number of amides is 1. The van der Waals surface area contributed by atoms with Gasteiger partial charge in [0, 0.05) is 25.2 Å². The van der Waals surface area contributed by atoms with E-state index in [-0.39, 0.29) is 17.6 Å². The first-order chi connectivity index (χ1) is 9.86. The molecule has 2 rings (SSSR count). The summed E-state index contributed by atoms with van der Waals surface area (Å²) >= 11 is 0. The standard InChI is InChI=1S/C14H17N3O3S/c1-11-4-3-5-12(8-11)9-16-13(18)10-17-7-6-15-14(17)21(2,19)20/h3-8H,9-10H2,1-2H3,(H,16,18). The lowest BCUT2D eigenvalue weighted by Gasteiger charge is -2.08. The van der Waals surface area contributed by atoms with Gasteiger partial charge in [-0.05, 0) is 12.5 Å². The van der Waals surface area contributed by atoms with Gasteiger partial charge in [-0.1, -0.05) is 29.8 Å². The molecule has 0 spiro atoms. The summed E-state index contributed by atoms with van der Waals surface area (Å²) < 4.78 is 24.3. The van der Waals surface area contributed by atoms with Crippen molar-refractivity contribution in [1.82, 2.24) is 14.9 Å². The molecule has 0 aliphatic rings. The SMILES string of the molecule is Cc1cccc(CNC(=O)Cn2ccnc2S(C)(=O)=O)c1. The molecule has 1 aromatic carbocycles. The van der Waals surface area contributed by atoms with Crippen LogP contribution in [0.5, 0.6) is 0 Å². The van der Waals surface area contributed by atoms with E-state index in [1.54, 1.807) is 0 Å². The molecule has 112 valence electrons. The number of aromatic nitrogens is 2. The Morgan fingerprint density at radius 3 is 2.81 bits per heavy atom. The maximum absolute atomic E-state index is 11.9. The first-order valence-electron chi connectivity index (χ1n) is 6.40. The first kappa shape index (κ1) is 15.2. The number of benzene rings is 1. The number of hydrogen-bond acceptors (Lipinski definition) is 4. The van der Waals surface area contributed by atoms with Gasteiger partial charge in [0.2, 0.25) is 20.9 Å². The largest absolute Gasteiger partial charge is 0.350 e. The van der Waals surface area contributed by atoms with E-state index in [0.29, 0.717) is 6.54 Å². The Bertz CT molecular complexity index is 750. The van der Waals surface area contributed by atoms with Crippen molar-refractivity contribution in [2.45, 2.75) is 25.2 Å². The van der Waals surface area contributed by atoms with Crippen molar-refractivity contribution in [3.05, 3.63) is 47.8 Å². The van der Waals surface area contributed by atoms with Gasteiger partial charge in [-0.25, -0.2) is 13.4 Å². The number of sulfone groups is 1. The quantitative estimate of drug-likeness (QED) is 0.890. The Balaban J connectivity index is 1.98. The van der Waals surface area contributed by atoms with Gasteiger partial charge in [0.05, 0.1) is 0 Å². The maximum atomic E-state index is 11.9. The van der Waals surface area contributed by atoms with Crippen molar-refractivity contribution in [3.63, 3.8) is 0 Å². The Hall–Kier alpha value is -2.15. The predicted octanol–water partition coefficient (Wildman–Crippen LogP) is 0.911. The van der Waals surface area contributed by atoms with E-state index < -0.39 is 9.84 Å². The zero-order chi connectivity index (χ0) is 15.5. The summed E-state index contributed by atoms with van der Waals surface area (Å²) in [5.74, 6) is -0.264. The maximum Gasteiger partial charge on any atom is 0.240 e. The topological polar surface area (TPSA) is 81.1 Å². The van der Waals surface area contributed by atoms with Gasteiger partial charge in [-0.3, -0.25) is 4.79 Å². The van der Waals surface area contributed by atoms with Gasteiger partial charge in [0.1, 0.15) is 6.54 Å². The third kappa shape index (κ3) is 4.16. The molecule has 0 aliphatic heterocycles. The van der Waals surface area contributed by atoms with E-state index in [1.807, 2.05) is 31.2 Å². The van der Waals surface area contributed by atoms with Crippen LogP contribution in [0.3, 0.4) is 0 Å². The van der Waals surface area contributed by atoms with Crippen LogP contribution < -0.4 is 5.32 Å². The van der Waals surface area contributed by atoms with Crippen LogP contribution in [0.2, 0.25) is 0 Å². The summed E-state index contributed by atoms with van der Waals surface area (Å²) in [6.07, 6.45) is 3.91. The summed E-state index contributed by atoms with van der Waals surface area (Å²) in [4.78, 5) is 15.7. The van der Waals surface area contributed by atoms with Crippen molar-refractivity contribution >= 4 is 15.7 Å². The molecule has 21 heavy (non-hydrogen) atoms. The number of carbonyl (C=O) groups is 1. The minimum atomic E-state index is -3.44. The Labute approximate surface area is 123 Å². The van der Waals surface area contributed by atoms with Crippen LogP contribution >= 0.6 is 0 Å². The number of aryl methyl sites for hydroxylation is 1. The smallest absolute Gasteiger partial charge is 0.240 e. The van der Waals surface area contributed by atoms with Crippen LogP contribution in [0.15, 0.2) is 41.8 Å². The lowest BCUT2D eigenvalue weighted by Crippen LogP contribution is -2.28. The summed E-state index contributed by atoms with van der Waals surface area (Å²) in [5, 5.41) is 2.66. The van der Waals surface area contributed by atoms with E-state index in [9.17, 15) is 13.2 Å². The summed E-state index contributed by atoms with van der Waals surface area (Å²) in [6.45, 7) is 2.31. The molecule has 2 aromatic rings. The molecule has 7 heteroatoms. The molecule has 6 nitrogen and oxygen atoms in total. The second-order valence-corrected chi connectivity index (χ2v) is 6.79. The van der Waals surface area contributed by atoms with Crippen molar-refractivity contribution in [3.8, 4) is 0 Å². The molecule has 1 heterocycles. The highest BCUT2D eigenvalue weighted by molar-refractivity contribution is 7.90. The molecule has 0 fully saturated rings. The number of nitrogens with zero attached hydrogens (tertiary/aromatic N) is 2. The molecular formula is C14H17N3O3S. The van der Waals surface area contributed by atoms with Crippen LogP contribution in [-0.4, -0.2) is 30.1 Å². The summed E-state index contributed by atoms with van der Waals surface area (Å²) in [5.41, 5.74) is 2.12. The molecule has 0 aliphatic carbocycles. The molecule has 1 N–H and O–H groups in total. The minimum Gasteiger partial charge on any atom is -0.350 e. The zero-order valence-corrected chi connectivity index (χ0v) is 12.7. The summed E-state index contributed by atoms with van der Waals surface area (Å²) in [7, 11) is -3.44. The van der Waals surface area contributed by atoms with Gasteiger partial charge >= 0.3 is 0 Å². The van der Waals surface area contributed by atoms with Gasteiger partial charge in [-0.2, -0.15) is 0 Å². The second-order valence-electron chi connectivity index (χ2n) is 4.88. The molecule has 0 atom stereocenters. The van der Waals surface area contributed by atoms with Crippen molar-refractivity contribution in [1.29, 1.82) is 0 Å². The average Bonchev–Trinajstić information content (AvgIpc) is 2.84. The Morgan fingerprint density at radius 1 is 1.38 bits per heavy atom. The Kier molecular flexibility index (Phi) is 4.42. The van der Waals surface area contributed by atoms with E-state index in [4.69, 9.17) is 0 Å². The van der Waals surface area contributed by atoms with Crippen molar-refractivity contribution in [2.75, 3.05) is 6.26 Å². The van der Waals surface area contributed by atoms with E-state index in [2.05, 4.69) is 10.3 Å². The van der Waals surface area contributed by atoms with E-state index in [0.717, 1.165) is 17.4 Å². The van der Waals surface area contributed by atoms with Crippen LogP contribution in [0.25, 0.3) is 0 Å². The van der Waals surface area contributed by atoms with Gasteiger partial charge in [0.25, 0.3) is 0 Å². The fourth-order valence-electron chi connectivity index (χ4n) is 1.98. The van der Waals surface area contributed by atoms with Gasteiger partial charge in [0.15, 0.2) is 0 Å². The predicted molar refractivity (Wildman–Crippen MR) is 78.4 cm³/mol. The zero-order valence-electron chi connectivity index (χ0n) is 11.9. The monoisotopic (exact) mass is 307 g/mol. The van der Waals surface area contributed by atoms with E-state index in [1.165, 1.54) is 17.0 Å². The van der Waals surface area contributed by atoms with Crippen LogP contribution in [-0.2, 0) is 27.7 Å². The third-order valence-corrected chi connectivity index (χ3v) is 3.90. The van der Waals surface area contributed by atoms with Crippen LogP contribution in [0, 0.1) is 6.92 Å². The fourth-order valence-corrected chi connectivity index (χ4v) is 2.78. The highest BCUT2D eigenvalue weighted by atomic mass is 32.2. The van der Waals surface area contributed by atoms with Crippen molar-refractivity contribution in [2.24, 2.45) is 0 Å². The lowest BCUT2D eigenvalue weighted by atomic mass is 10.1. The fraction of sp³-hybridized carbons (Fsp3) is 0.286. The van der Waals surface area contributed by atoms with Crippen LogP contribution in [0.1, 0.15) is 11.1 Å². The lowest BCUT2D eigenvalue weighted by molar-refractivity contribution is -0.121. The Morgan fingerprint density at radius 2 is 2.14 bits per heavy atom. The van der Waals surface area contributed by atoms with Gasteiger partial charge in [-0.15, -0.1) is 0 Å². The number of imidazole rings is 1. The highest BCUT2D eigenvalue weighted by Crippen LogP contribution is 2.06. The third-order valence-electron chi connectivity index (χ3n) is 2.90. The molecule has 0 bridgehead atoms. The molecule has 0 saturated heterocycles. The van der Waals surface area contributed by atoms with Crippen molar-refractivity contribution < 1.29 is 13.2 Å². The molecular weight excluding hydrogens is 290 g/mol. The number of rotatable bonds is 5. The number of carbonyl (C=O) groups excluding carboxylic acids is 1. The van der Waals surface area contributed by atoms with E-state index >= 15 is 0 Å². The number of hydrogen-bond donors (Lipinski definition) is 1. The molecule has 1 amide bonds. The molecule has 1 aromatic heterocycles. The van der Waals surface area contributed by atoms with Gasteiger partial charge < -0.3 is 9.88 Å². The summed E-state index contributed by atoms with van der Waals surface area (Å²) in [6, 6.07) is 7.81. The number of nitrogens with one attached hydrogen (secondary N) is 1. The molecule has 0 radical (unpaired) electrons. The highest BCUT2D eigenvalue weighted by Gasteiger charge is 2.16. The van der Waals surface area contributed by atoms with Crippen LogP contribution in [0.4, 0.5) is 0 Å². The first-order valence-corrected chi connectivity index (χ1v) is 8.29. The molecule has 0 saturated carbocycles. The second kappa shape index (κ2) is 6.09. The minimum absolute atomic E-state index is 0.0752. The normalized spacial score (nSPS) is 11.3. The molecule has 0 unspecified atom stereocenters. The average molecular weight is 307 g/mol.